The summed E-state index contributed by atoms with van der Waals surface area (Å²) in [7, 11) is 0. The molecule has 0 amide bonds. The molecule has 1 saturated heterocycles. The molecule has 0 saturated carbocycles. The first-order chi connectivity index (χ1) is 15.9. The topological polar surface area (TPSA) is 126 Å². The molecule has 3 heterocycles. The van der Waals surface area contributed by atoms with E-state index in [2.05, 4.69) is 37.5 Å². The van der Waals surface area contributed by atoms with E-state index in [9.17, 15) is 9.90 Å². The second-order valence-corrected chi connectivity index (χ2v) is 8.63. The van der Waals surface area contributed by atoms with Crippen molar-refractivity contribution in [1.82, 2.24) is 30.9 Å². The van der Waals surface area contributed by atoms with Crippen LogP contribution in [0.5, 0.6) is 5.88 Å². The second-order valence-electron chi connectivity index (χ2n) is 8.63. The lowest BCUT2D eigenvalue weighted by atomic mass is 9.81. The predicted molar refractivity (Wildman–Crippen MR) is 125 cm³/mol. The molecule has 9 heteroatoms. The number of allylic oxidation sites excluding steroid dienone is 2. The predicted octanol–water partition coefficient (Wildman–Crippen LogP) is 3.43. The number of rotatable bonds is 10. The van der Waals surface area contributed by atoms with E-state index in [0.29, 0.717) is 24.5 Å². The van der Waals surface area contributed by atoms with Gasteiger partial charge in [-0.1, -0.05) is 37.8 Å². The van der Waals surface area contributed by atoms with E-state index in [4.69, 9.17) is 4.74 Å². The van der Waals surface area contributed by atoms with Crippen LogP contribution in [0.1, 0.15) is 50.9 Å². The normalized spacial score (nSPS) is 17.9. The molecule has 2 atom stereocenters. The van der Waals surface area contributed by atoms with Crippen LogP contribution in [0.2, 0.25) is 0 Å². The summed E-state index contributed by atoms with van der Waals surface area (Å²) in [6, 6.07) is 3.70. The van der Waals surface area contributed by atoms with Gasteiger partial charge in [0.2, 0.25) is 5.88 Å². The van der Waals surface area contributed by atoms with Crippen molar-refractivity contribution in [1.29, 1.82) is 0 Å². The fourth-order valence-corrected chi connectivity index (χ4v) is 4.02. The van der Waals surface area contributed by atoms with Crippen LogP contribution in [0.25, 0.3) is 0 Å². The molecule has 2 aromatic rings. The lowest BCUT2D eigenvalue weighted by molar-refractivity contribution is -0.143. The first kappa shape index (κ1) is 24.3. The molecule has 3 rings (SSSR count). The molecule has 33 heavy (non-hydrogen) atoms. The van der Waals surface area contributed by atoms with Crippen molar-refractivity contribution in [2.45, 2.75) is 46.0 Å². The Hall–Kier alpha value is -3.33. The van der Waals surface area contributed by atoms with Crippen molar-refractivity contribution in [2.75, 3.05) is 13.1 Å². The third-order valence-electron chi connectivity index (χ3n) is 5.62. The van der Waals surface area contributed by atoms with Crippen molar-refractivity contribution in [2.24, 2.45) is 11.8 Å². The fourth-order valence-electron chi connectivity index (χ4n) is 4.02. The number of tetrazole rings is 1. The number of carboxylic acids is 1. The molecule has 0 aliphatic carbocycles. The Morgan fingerprint density at radius 3 is 2.76 bits per heavy atom. The molecular weight excluding hydrogens is 420 g/mol. The summed E-state index contributed by atoms with van der Waals surface area (Å²) in [4.78, 5) is 16.5. The molecule has 2 aromatic heterocycles. The minimum Gasteiger partial charge on any atom is -0.481 e. The molecule has 9 nitrogen and oxygen atoms in total. The zero-order valence-electron chi connectivity index (χ0n) is 19.4. The molecule has 1 aliphatic heterocycles. The molecule has 176 valence electrons. The van der Waals surface area contributed by atoms with Crippen molar-refractivity contribution in [3.63, 3.8) is 0 Å². The van der Waals surface area contributed by atoms with E-state index in [1.54, 1.807) is 12.3 Å². The Labute approximate surface area is 194 Å². The monoisotopic (exact) mass is 452 g/mol. The van der Waals surface area contributed by atoms with Crippen LogP contribution < -0.4 is 10.1 Å². The third kappa shape index (κ3) is 6.58. The number of aromatic amines is 1. The SMILES string of the molecule is C=C1CNCC/C1=C(/C=CC)Oc1ccc(C[C@H](c2nn[nH]n2)[C@H](CC(C)C)C(=O)O)cn1. The summed E-state index contributed by atoms with van der Waals surface area (Å²) in [5, 5.41) is 27.4. The Kier molecular flexibility index (Phi) is 8.48. The van der Waals surface area contributed by atoms with Gasteiger partial charge in [0.25, 0.3) is 0 Å². The van der Waals surface area contributed by atoms with Gasteiger partial charge in [-0.25, -0.2) is 4.98 Å². The highest BCUT2D eigenvalue weighted by Gasteiger charge is 2.33. The van der Waals surface area contributed by atoms with E-state index in [0.717, 1.165) is 42.0 Å². The van der Waals surface area contributed by atoms with Gasteiger partial charge in [-0.2, -0.15) is 5.21 Å². The summed E-state index contributed by atoms with van der Waals surface area (Å²) < 4.78 is 6.09. The summed E-state index contributed by atoms with van der Waals surface area (Å²) in [5.41, 5.74) is 2.98. The number of aliphatic carboxylic acids is 1. The van der Waals surface area contributed by atoms with Crippen LogP contribution in [0.3, 0.4) is 0 Å². The summed E-state index contributed by atoms with van der Waals surface area (Å²) in [5.74, 6) is -0.0802. The van der Waals surface area contributed by atoms with Crippen LogP contribution in [-0.2, 0) is 11.2 Å². The second kappa shape index (κ2) is 11.5. The van der Waals surface area contributed by atoms with E-state index in [1.807, 2.05) is 39.0 Å². The molecule has 1 fully saturated rings. The number of pyridine rings is 1. The van der Waals surface area contributed by atoms with Crippen molar-refractivity contribution in [3.05, 3.63) is 65.4 Å². The van der Waals surface area contributed by atoms with Crippen molar-refractivity contribution in [3.8, 4) is 5.88 Å². The van der Waals surface area contributed by atoms with Crippen LogP contribution in [0.4, 0.5) is 0 Å². The number of hydrogen-bond acceptors (Lipinski definition) is 7. The van der Waals surface area contributed by atoms with Crippen LogP contribution in [-0.4, -0.2) is 49.8 Å². The molecular formula is C24H32N6O3. The first-order valence-corrected chi connectivity index (χ1v) is 11.2. The van der Waals surface area contributed by atoms with Crippen LogP contribution >= 0.6 is 0 Å². The quantitative estimate of drug-likeness (QED) is 0.468. The highest BCUT2D eigenvalue weighted by molar-refractivity contribution is 5.71. The number of nitrogens with zero attached hydrogens (tertiary/aromatic N) is 4. The van der Waals surface area contributed by atoms with Gasteiger partial charge in [0.05, 0.1) is 5.92 Å². The third-order valence-corrected chi connectivity index (χ3v) is 5.62. The van der Waals surface area contributed by atoms with Gasteiger partial charge in [0.1, 0.15) is 5.76 Å². The minimum absolute atomic E-state index is 0.220. The van der Waals surface area contributed by atoms with Crippen LogP contribution in [0, 0.1) is 11.8 Å². The van der Waals surface area contributed by atoms with E-state index in [1.165, 1.54) is 0 Å². The number of carboxylic acid groups (broad SMARTS) is 1. The van der Waals surface area contributed by atoms with Gasteiger partial charge in [0.15, 0.2) is 5.82 Å². The molecule has 0 bridgehead atoms. The zero-order valence-corrected chi connectivity index (χ0v) is 19.4. The summed E-state index contributed by atoms with van der Waals surface area (Å²) in [6.45, 7) is 11.7. The van der Waals surface area contributed by atoms with E-state index in [-0.39, 0.29) is 5.92 Å². The standard InChI is InChI=1S/C24H32N6O3/c1-5-6-21(18-9-10-25-13-16(18)4)33-22-8-7-17(14-26-22)12-19(23-27-29-30-28-23)20(24(31)32)11-15(2)3/h5-8,14-15,19-20,25H,4,9-13H2,1-3H3,(H,31,32)(H,27,28,29,30)/b6-5?,21-18+/t19-,20-/m0/s1. The van der Waals surface area contributed by atoms with Gasteiger partial charge in [-0.05, 0) is 61.4 Å². The highest BCUT2D eigenvalue weighted by Crippen LogP contribution is 2.31. The Balaban J connectivity index is 1.80. The number of H-pyrrole nitrogens is 1. The molecule has 0 radical (unpaired) electrons. The van der Waals surface area contributed by atoms with E-state index < -0.39 is 17.8 Å². The number of carbonyl (C=O) groups is 1. The van der Waals surface area contributed by atoms with Gasteiger partial charge in [-0.15, -0.1) is 10.2 Å². The molecule has 0 spiro atoms. The average molecular weight is 453 g/mol. The maximum Gasteiger partial charge on any atom is 0.307 e. The van der Waals surface area contributed by atoms with E-state index >= 15 is 0 Å². The molecule has 0 unspecified atom stereocenters. The fraction of sp³-hybridized carbons (Fsp3) is 0.458. The summed E-state index contributed by atoms with van der Waals surface area (Å²) >= 11 is 0. The number of nitrogens with one attached hydrogen (secondary N) is 2. The minimum atomic E-state index is -0.865. The number of aromatic nitrogens is 5. The molecule has 1 aliphatic rings. The van der Waals surface area contributed by atoms with Crippen molar-refractivity contribution < 1.29 is 14.6 Å². The molecule has 0 aromatic carbocycles. The smallest absolute Gasteiger partial charge is 0.307 e. The maximum atomic E-state index is 12.0. The zero-order chi connectivity index (χ0) is 23.8. The van der Waals surface area contributed by atoms with Gasteiger partial charge in [0, 0.05) is 24.7 Å². The highest BCUT2D eigenvalue weighted by atomic mass is 16.5. The largest absolute Gasteiger partial charge is 0.481 e. The number of ether oxygens (including phenoxy) is 1. The van der Waals surface area contributed by atoms with Crippen molar-refractivity contribution >= 4 is 5.97 Å². The number of hydrogen-bond donors (Lipinski definition) is 3. The van der Waals surface area contributed by atoms with Crippen LogP contribution in [0.15, 0.2) is 54.0 Å². The average Bonchev–Trinajstić information content (AvgIpc) is 3.32. The van der Waals surface area contributed by atoms with Gasteiger partial charge >= 0.3 is 5.97 Å². The maximum absolute atomic E-state index is 12.0. The van der Waals surface area contributed by atoms with Gasteiger partial charge < -0.3 is 15.2 Å². The Morgan fingerprint density at radius 1 is 1.36 bits per heavy atom. The first-order valence-electron chi connectivity index (χ1n) is 11.2. The lowest BCUT2D eigenvalue weighted by Gasteiger charge is -2.23. The van der Waals surface area contributed by atoms with Gasteiger partial charge in [-0.3, -0.25) is 4.79 Å². The lowest BCUT2D eigenvalue weighted by Crippen LogP contribution is -2.26. The molecule has 3 N–H and O–H groups in total. The number of piperidine rings is 1. The Morgan fingerprint density at radius 2 is 2.18 bits per heavy atom. The Bertz CT molecular complexity index is 996. The summed E-state index contributed by atoms with van der Waals surface area (Å²) in [6.07, 6.45) is 7.37.